The number of carbonyl (C=O) groups is 1. The number of fused-ring (bicyclic) bond motifs is 1. The topological polar surface area (TPSA) is 96.0 Å². The molecule has 120 valence electrons. The summed E-state index contributed by atoms with van der Waals surface area (Å²) in [5, 5.41) is 19.6. The van der Waals surface area contributed by atoms with Gasteiger partial charge in [-0.15, -0.1) is 0 Å². The molecule has 2 aliphatic heterocycles. The van der Waals surface area contributed by atoms with E-state index in [1.165, 1.54) is 0 Å². The van der Waals surface area contributed by atoms with Crippen molar-refractivity contribution in [1.29, 1.82) is 0 Å². The Kier molecular flexibility index (Phi) is 4.22. The molecule has 4 N–H and O–H groups in total. The quantitative estimate of drug-likeness (QED) is 0.727. The molecular formula is C16H22N2O4. The zero-order valence-electron chi connectivity index (χ0n) is 12.4. The number of ether oxygens (including phenoxy) is 1. The lowest BCUT2D eigenvalue weighted by atomic mass is 9.91. The van der Waals surface area contributed by atoms with E-state index in [0.717, 1.165) is 24.9 Å². The van der Waals surface area contributed by atoms with Crippen LogP contribution in [0.5, 0.6) is 5.75 Å². The molecule has 0 saturated carbocycles. The molecule has 0 aromatic heterocycles. The lowest BCUT2D eigenvalue weighted by Gasteiger charge is -2.42. The van der Waals surface area contributed by atoms with Crippen molar-refractivity contribution in [3.8, 4) is 5.75 Å². The number of likely N-dealkylation sites (tertiary alicyclic amines) is 1. The third-order valence-corrected chi connectivity index (χ3v) is 4.61. The van der Waals surface area contributed by atoms with Gasteiger partial charge < -0.3 is 20.7 Å². The average Bonchev–Trinajstić information content (AvgIpc) is 2.47. The highest BCUT2D eigenvalue weighted by Crippen LogP contribution is 2.36. The zero-order chi connectivity index (χ0) is 15.7. The molecule has 0 radical (unpaired) electrons. The first-order chi connectivity index (χ1) is 10.5. The van der Waals surface area contributed by atoms with Crippen molar-refractivity contribution in [3.05, 3.63) is 23.8 Å². The molecule has 1 aromatic rings. The average molecular weight is 306 g/mol. The van der Waals surface area contributed by atoms with Crippen LogP contribution in [0, 0.1) is 5.92 Å². The van der Waals surface area contributed by atoms with Crippen molar-refractivity contribution in [2.75, 3.05) is 25.4 Å². The van der Waals surface area contributed by atoms with Gasteiger partial charge >= 0.3 is 5.97 Å². The van der Waals surface area contributed by atoms with E-state index in [1.54, 1.807) is 18.2 Å². The third kappa shape index (κ3) is 3.03. The normalized spacial score (nSPS) is 28.7. The molecule has 3 atom stereocenters. The van der Waals surface area contributed by atoms with Crippen LogP contribution in [0.3, 0.4) is 0 Å². The van der Waals surface area contributed by atoms with Crippen LogP contribution in [0.4, 0.5) is 5.69 Å². The molecule has 6 nitrogen and oxygen atoms in total. The summed E-state index contributed by atoms with van der Waals surface area (Å²) in [5.41, 5.74) is 7.11. The highest BCUT2D eigenvalue weighted by atomic mass is 16.5. The molecule has 22 heavy (non-hydrogen) atoms. The molecule has 1 saturated heterocycles. The van der Waals surface area contributed by atoms with E-state index in [0.29, 0.717) is 24.6 Å². The molecule has 1 fully saturated rings. The predicted molar refractivity (Wildman–Crippen MR) is 81.6 cm³/mol. The van der Waals surface area contributed by atoms with Crippen molar-refractivity contribution in [3.63, 3.8) is 0 Å². The van der Waals surface area contributed by atoms with Crippen LogP contribution in [0.2, 0.25) is 0 Å². The van der Waals surface area contributed by atoms with Gasteiger partial charge in [0.1, 0.15) is 18.5 Å². The van der Waals surface area contributed by atoms with Gasteiger partial charge in [-0.2, -0.15) is 0 Å². The highest BCUT2D eigenvalue weighted by molar-refractivity contribution is 5.67. The summed E-state index contributed by atoms with van der Waals surface area (Å²) in [6, 6.07) is 5.17. The maximum Gasteiger partial charge on any atom is 0.303 e. The van der Waals surface area contributed by atoms with Crippen LogP contribution in [-0.4, -0.2) is 46.8 Å². The maximum absolute atomic E-state index is 10.9. The second kappa shape index (κ2) is 6.14. The predicted octanol–water partition coefficient (Wildman–Crippen LogP) is 1.25. The summed E-state index contributed by atoms with van der Waals surface area (Å²) in [5.74, 6) is 0.0298. The fraction of sp³-hybridized carbons (Fsp3) is 0.562. The number of nitrogens with two attached hydrogens (primary N) is 1. The number of hydrogen-bond donors (Lipinski definition) is 3. The van der Waals surface area contributed by atoms with E-state index in [4.69, 9.17) is 15.6 Å². The lowest BCUT2D eigenvalue weighted by molar-refractivity contribution is -0.138. The third-order valence-electron chi connectivity index (χ3n) is 4.61. The van der Waals surface area contributed by atoms with Gasteiger partial charge in [-0.05, 0) is 31.4 Å². The van der Waals surface area contributed by atoms with Gasteiger partial charge in [-0.3, -0.25) is 9.69 Å². The van der Waals surface area contributed by atoms with Crippen molar-refractivity contribution in [2.45, 2.75) is 31.4 Å². The van der Waals surface area contributed by atoms with Gasteiger partial charge in [-0.1, -0.05) is 6.07 Å². The molecule has 0 spiro atoms. The number of aliphatic carboxylic acids is 1. The fourth-order valence-electron chi connectivity index (χ4n) is 3.51. The first-order valence-corrected chi connectivity index (χ1v) is 7.70. The number of anilines is 1. The number of aliphatic hydroxyl groups excluding tert-OH is 1. The molecular weight excluding hydrogens is 284 g/mol. The van der Waals surface area contributed by atoms with Crippen molar-refractivity contribution in [1.82, 2.24) is 4.90 Å². The minimum atomic E-state index is -0.756. The van der Waals surface area contributed by atoms with Gasteiger partial charge in [-0.25, -0.2) is 0 Å². The van der Waals surface area contributed by atoms with E-state index in [-0.39, 0.29) is 18.4 Å². The lowest BCUT2D eigenvalue weighted by Crippen LogP contribution is -2.50. The Labute approximate surface area is 129 Å². The number of rotatable bonds is 3. The molecule has 3 rings (SSSR count). The van der Waals surface area contributed by atoms with E-state index < -0.39 is 12.1 Å². The number of nitrogen functional groups attached to an aromatic ring is 1. The number of hydrogen-bond acceptors (Lipinski definition) is 5. The van der Waals surface area contributed by atoms with E-state index in [1.807, 2.05) is 0 Å². The molecule has 2 heterocycles. The van der Waals surface area contributed by atoms with Gasteiger partial charge in [0.2, 0.25) is 0 Å². The summed E-state index contributed by atoms with van der Waals surface area (Å²) >= 11 is 0. The summed E-state index contributed by atoms with van der Waals surface area (Å²) in [6.07, 6.45) is 1.44. The van der Waals surface area contributed by atoms with Gasteiger partial charge in [0.05, 0.1) is 6.04 Å². The molecule has 1 unspecified atom stereocenters. The van der Waals surface area contributed by atoms with Crippen LogP contribution in [0.25, 0.3) is 0 Å². The van der Waals surface area contributed by atoms with Crippen molar-refractivity contribution < 1.29 is 19.7 Å². The summed E-state index contributed by atoms with van der Waals surface area (Å²) < 4.78 is 5.76. The monoisotopic (exact) mass is 306 g/mol. The molecule has 0 aliphatic carbocycles. The summed E-state index contributed by atoms with van der Waals surface area (Å²) in [6.45, 7) is 1.96. The van der Waals surface area contributed by atoms with Crippen LogP contribution >= 0.6 is 0 Å². The first kappa shape index (κ1) is 15.1. The molecule has 1 aromatic carbocycles. The first-order valence-electron chi connectivity index (χ1n) is 7.70. The minimum absolute atomic E-state index is 0.132. The highest BCUT2D eigenvalue weighted by Gasteiger charge is 2.36. The number of piperidine rings is 1. The number of carboxylic acid groups (broad SMARTS) is 1. The number of benzene rings is 1. The Balaban J connectivity index is 1.72. The number of aliphatic hydroxyl groups is 1. The van der Waals surface area contributed by atoms with Crippen molar-refractivity contribution in [2.24, 2.45) is 5.92 Å². The largest absolute Gasteiger partial charge is 0.491 e. The second-order valence-electron chi connectivity index (χ2n) is 6.22. The van der Waals surface area contributed by atoms with Crippen LogP contribution in [0.1, 0.15) is 30.9 Å². The van der Waals surface area contributed by atoms with Crippen molar-refractivity contribution >= 4 is 11.7 Å². The summed E-state index contributed by atoms with van der Waals surface area (Å²) in [4.78, 5) is 13.1. The van der Waals surface area contributed by atoms with Gasteiger partial charge in [0, 0.05) is 30.3 Å². The van der Waals surface area contributed by atoms with E-state index in [2.05, 4.69) is 4.90 Å². The Bertz CT molecular complexity index is 563. The Morgan fingerprint density at radius 1 is 1.45 bits per heavy atom. The number of nitrogens with zero attached hydrogens (tertiary/aromatic N) is 1. The maximum atomic E-state index is 10.9. The zero-order valence-corrected chi connectivity index (χ0v) is 12.4. The van der Waals surface area contributed by atoms with E-state index in [9.17, 15) is 9.90 Å². The Morgan fingerprint density at radius 2 is 2.27 bits per heavy atom. The van der Waals surface area contributed by atoms with E-state index >= 15 is 0 Å². The van der Waals surface area contributed by atoms with Gasteiger partial charge in [0.15, 0.2) is 0 Å². The van der Waals surface area contributed by atoms with Gasteiger partial charge in [0.25, 0.3) is 0 Å². The molecule has 6 heteroatoms. The second-order valence-corrected chi connectivity index (χ2v) is 6.22. The van der Waals surface area contributed by atoms with Crippen LogP contribution in [0.15, 0.2) is 18.2 Å². The molecule has 0 bridgehead atoms. The molecule has 0 amide bonds. The van der Waals surface area contributed by atoms with Crippen LogP contribution in [-0.2, 0) is 4.79 Å². The SMILES string of the molecule is Nc1ccc2c(c1)OC[C@H](N1CCCC(CC(=O)O)C1)[C@@H]2O. The van der Waals surface area contributed by atoms with Crippen LogP contribution < -0.4 is 10.5 Å². The Morgan fingerprint density at radius 3 is 3.05 bits per heavy atom. The molecule has 2 aliphatic rings. The standard InChI is InChI=1S/C16H22N2O4/c17-11-3-4-12-14(7-11)22-9-13(16(12)21)18-5-1-2-10(8-18)6-15(19)20/h3-4,7,10,13,16,21H,1-2,5-6,8-9,17H2,(H,19,20)/t10?,13-,16+/m0/s1. The smallest absolute Gasteiger partial charge is 0.303 e. The fourth-order valence-corrected chi connectivity index (χ4v) is 3.51. The minimum Gasteiger partial charge on any atom is -0.491 e. The summed E-state index contributed by atoms with van der Waals surface area (Å²) in [7, 11) is 0. The Hall–Kier alpha value is -1.79. The number of carboxylic acids is 1.